The molecule has 0 saturated heterocycles. The van der Waals surface area contributed by atoms with Gasteiger partial charge in [0.25, 0.3) is 0 Å². The lowest BCUT2D eigenvalue weighted by Crippen LogP contribution is -2.32. The smallest absolute Gasteiger partial charge is 0.343 e. The van der Waals surface area contributed by atoms with Crippen LogP contribution < -0.4 is 15.5 Å². The average molecular weight is 515 g/mol. The van der Waals surface area contributed by atoms with Gasteiger partial charge in [0.15, 0.2) is 0 Å². The van der Waals surface area contributed by atoms with Crippen molar-refractivity contribution in [2.24, 2.45) is 5.10 Å². The Hall–Kier alpha value is -3.49. The monoisotopic (exact) mass is 513 g/mol. The molecule has 0 unspecified atom stereocenters. The molecule has 0 aliphatic carbocycles. The van der Waals surface area contributed by atoms with E-state index in [1.54, 1.807) is 60.7 Å². The third-order valence-electron chi connectivity index (χ3n) is 4.11. The van der Waals surface area contributed by atoms with E-state index in [-0.39, 0.29) is 5.75 Å². The summed E-state index contributed by atoms with van der Waals surface area (Å²) in [6.07, 6.45) is 1.27. The van der Waals surface area contributed by atoms with E-state index in [2.05, 4.69) is 31.8 Å². The number of rotatable bonds is 5. The summed E-state index contributed by atoms with van der Waals surface area (Å²) in [5.74, 6) is -2.16. The maximum Gasteiger partial charge on any atom is 0.343 e. The molecule has 9 heteroatoms. The van der Waals surface area contributed by atoms with E-state index in [1.165, 1.54) is 6.21 Å². The van der Waals surface area contributed by atoms with E-state index in [9.17, 15) is 14.4 Å². The fraction of sp³-hybridized carbons (Fsp3) is 0.0435. The summed E-state index contributed by atoms with van der Waals surface area (Å²) >= 11 is 9.13. The molecular weight excluding hydrogens is 498 g/mol. The Morgan fingerprint density at radius 2 is 1.75 bits per heavy atom. The van der Waals surface area contributed by atoms with Gasteiger partial charge in [0, 0.05) is 20.7 Å². The molecular formula is C23H17BrClN3O4. The summed E-state index contributed by atoms with van der Waals surface area (Å²) < 4.78 is 6.19. The van der Waals surface area contributed by atoms with E-state index in [0.717, 1.165) is 5.56 Å². The second kappa shape index (κ2) is 10.7. The molecule has 0 spiro atoms. The van der Waals surface area contributed by atoms with Crippen LogP contribution in [0.15, 0.2) is 76.3 Å². The predicted octanol–water partition coefficient (Wildman–Crippen LogP) is 4.72. The molecule has 0 heterocycles. The molecule has 0 aromatic heterocycles. The van der Waals surface area contributed by atoms with Crippen molar-refractivity contribution >= 4 is 57.2 Å². The molecule has 2 amide bonds. The summed E-state index contributed by atoms with van der Waals surface area (Å²) in [4.78, 5) is 36.4. The summed E-state index contributed by atoms with van der Waals surface area (Å²) in [6.45, 7) is 1.88. The standard InChI is InChI=1S/C23H17BrClN3O4/c1-14-3-2-4-15(11-14)23(31)32-20-10-5-17(24)12-16(20)13-26-28-22(30)21(29)27-19-8-6-18(25)7-9-19/h2-13H,1H3,(H,27,29)(H,28,30)/b26-13+. The maximum absolute atomic E-state index is 12.5. The van der Waals surface area contributed by atoms with Gasteiger partial charge in [-0.1, -0.05) is 45.2 Å². The number of carbonyl (C=O) groups is 3. The molecule has 0 bridgehead atoms. The zero-order valence-electron chi connectivity index (χ0n) is 16.8. The predicted molar refractivity (Wildman–Crippen MR) is 126 cm³/mol. The van der Waals surface area contributed by atoms with Crippen molar-refractivity contribution in [2.45, 2.75) is 6.92 Å². The van der Waals surface area contributed by atoms with Crippen molar-refractivity contribution in [1.29, 1.82) is 0 Å². The molecule has 0 fully saturated rings. The molecule has 0 atom stereocenters. The number of esters is 1. The Kier molecular flexibility index (Phi) is 7.75. The van der Waals surface area contributed by atoms with Crippen LogP contribution in [0.2, 0.25) is 5.02 Å². The fourth-order valence-electron chi connectivity index (χ4n) is 2.58. The minimum Gasteiger partial charge on any atom is -0.422 e. The number of benzene rings is 3. The summed E-state index contributed by atoms with van der Waals surface area (Å²) in [5, 5.41) is 6.73. The lowest BCUT2D eigenvalue weighted by molar-refractivity contribution is -0.136. The van der Waals surface area contributed by atoms with E-state index in [4.69, 9.17) is 16.3 Å². The van der Waals surface area contributed by atoms with Gasteiger partial charge in [-0.05, 0) is 61.5 Å². The van der Waals surface area contributed by atoms with Crippen molar-refractivity contribution in [3.8, 4) is 5.75 Å². The summed E-state index contributed by atoms with van der Waals surface area (Å²) in [6, 6.07) is 18.3. The van der Waals surface area contributed by atoms with Crippen molar-refractivity contribution < 1.29 is 19.1 Å². The SMILES string of the molecule is Cc1cccc(C(=O)Oc2ccc(Br)cc2/C=N/NC(=O)C(=O)Nc2ccc(Cl)cc2)c1. The van der Waals surface area contributed by atoms with Crippen LogP contribution in [0.4, 0.5) is 5.69 Å². The molecule has 162 valence electrons. The summed E-state index contributed by atoms with van der Waals surface area (Å²) in [5.41, 5.74) is 4.30. The Balaban J connectivity index is 1.66. The van der Waals surface area contributed by atoms with Crippen molar-refractivity contribution in [3.63, 3.8) is 0 Å². The van der Waals surface area contributed by atoms with Crippen LogP contribution in [0.5, 0.6) is 5.75 Å². The van der Waals surface area contributed by atoms with Crippen LogP contribution in [0.25, 0.3) is 0 Å². The van der Waals surface area contributed by atoms with Crippen LogP contribution in [-0.4, -0.2) is 24.0 Å². The minimum atomic E-state index is -0.968. The normalized spacial score (nSPS) is 10.6. The van der Waals surface area contributed by atoms with Crippen molar-refractivity contribution in [3.05, 3.63) is 92.9 Å². The lowest BCUT2D eigenvalue weighted by atomic mass is 10.1. The van der Waals surface area contributed by atoms with Gasteiger partial charge >= 0.3 is 17.8 Å². The van der Waals surface area contributed by atoms with Gasteiger partial charge in [-0.25, -0.2) is 10.2 Å². The quantitative estimate of drug-likeness (QED) is 0.169. The average Bonchev–Trinajstić information content (AvgIpc) is 2.77. The molecule has 2 N–H and O–H groups in total. The van der Waals surface area contributed by atoms with Gasteiger partial charge in [-0.15, -0.1) is 0 Å². The van der Waals surface area contributed by atoms with Crippen LogP contribution in [0.1, 0.15) is 21.5 Å². The Bertz CT molecular complexity index is 1200. The van der Waals surface area contributed by atoms with E-state index in [0.29, 0.717) is 26.3 Å². The highest BCUT2D eigenvalue weighted by Crippen LogP contribution is 2.23. The highest BCUT2D eigenvalue weighted by Gasteiger charge is 2.14. The Morgan fingerprint density at radius 1 is 1.00 bits per heavy atom. The maximum atomic E-state index is 12.5. The largest absolute Gasteiger partial charge is 0.422 e. The van der Waals surface area contributed by atoms with Crippen LogP contribution >= 0.6 is 27.5 Å². The van der Waals surface area contributed by atoms with E-state index < -0.39 is 17.8 Å². The molecule has 0 saturated carbocycles. The third kappa shape index (κ3) is 6.50. The fourth-order valence-corrected chi connectivity index (χ4v) is 3.08. The van der Waals surface area contributed by atoms with Gasteiger partial charge in [0.05, 0.1) is 11.8 Å². The van der Waals surface area contributed by atoms with Gasteiger partial charge < -0.3 is 10.1 Å². The molecule has 0 aliphatic heterocycles. The number of nitrogens with zero attached hydrogens (tertiary/aromatic N) is 1. The Morgan fingerprint density at radius 3 is 2.47 bits per heavy atom. The topological polar surface area (TPSA) is 96.9 Å². The molecule has 7 nitrogen and oxygen atoms in total. The number of anilines is 1. The highest BCUT2D eigenvalue weighted by molar-refractivity contribution is 9.10. The van der Waals surface area contributed by atoms with E-state index in [1.807, 2.05) is 13.0 Å². The van der Waals surface area contributed by atoms with Gasteiger partial charge in [-0.2, -0.15) is 5.10 Å². The number of carbonyl (C=O) groups excluding carboxylic acids is 3. The molecule has 3 aromatic rings. The number of hydrogen-bond donors (Lipinski definition) is 2. The Labute approximate surface area is 197 Å². The van der Waals surface area contributed by atoms with Crippen molar-refractivity contribution in [1.82, 2.24) is 5.43 Å². The van der Waals surface area contributed by atoms with Crippen LogP contribution in [0.3, 0.4) is 0 Å². The first kappa shape index (κ1) is 23.2. The minimum absolute atomic E-state index is 0.239. The number of hydrazone groups is 1. The second-order valence-electron chi connectivity index (χ2n) is 6.60. The van der Waals surface area contributed by atoms with Crippen LogP contribution in [-0.2, 0) is 9.59 Å². The number of nitrogens with one attached hydrogen (secondary N) is 2. The number of hydrogen-bond acceptors (Lipinski definition) is 5. The van der Waals surface area contributed by atoms with Crippen molar-refractivity contribution in [2.75, 3.05) is 5.32 Å². The first-order valence-electron chi connectivity index (χ1n) is 9.30. The van der Waals surface area contributed by atoms with Gasteiger partial charge in [0.2, 0.25) is 0 Å². The molecule has 3 rings (SSSR count). The second-order valence-corrected chi connectivity index (χ2v) is 7.95. The first-order chi connectivity index (χ1) is 15.3. The van der Waals surface area contributed by atoms with Crippen LogP contribution in [0, 0.1) is 6.92 Å². The van der Waals surface area contributed by atoms with Gasteiger partial charge in [0.1, 0.15) is 5.75 Å². The number of ether oxygens (including phenoxy) is 1. The highest BCUT2D eigenvalue weighted by atomic mass is 79.9. The zero-order valence-corrected chi connectivity index (χ0v) is 19.1. The third-order valence-corrected chi connectivity index (χ3v) is 4.85. The summed E-state index contributed by atoms with van der Waals surface area (Å²) in [7, 11) is 0. The van der Waals surface area contributed by atoms with E-state index >= 15 is 0 Å². The molecule has 0 aliphatic rings. The number of amides is 2. The first-order valence-corrected chi connectivity index (χ1v) is 10.5. The molecule has 3 aromatic carbocycles. The molecule has 32 heavy (non-hydrogen) atoms. The zero-order chi connectivity index (χ0) is 23.1. The number of halogens is 2. The number of aryl methyl sites for hydroxylation is 1. The van der Waals surface area contributed by atoms with Gasteiger partial charge in [-0.3, -0.25) is 9.59 Å². The lowest BCUT2D eigenvalue weighted by Gasteiger charge is -2.08. The molecule has 0 radical (unpaired) electrons.